The van der Waals surface area contributed by atoms with E-state index >= 15 is 0 Å². The summed E-state index contributed by atoms with van der Waals surface area (Å²) in [6, 6.07) is 0. The Bertz CT molecular complexity index is 348. The van der Waals surface area contributed by atoms with Crippen molar-refractivity contribution in [3.63, 3.8) is 0 Å². The van der Waals surface area contributed by atoms with E-state index in [1.165, 1.54) is 10.6 Å². The Kier molecular flexibility index (Phi) is 3.20. The Morgan fingerprint density at radius 3 is 2.85 bits per heavy atom. The quantitative estimate of drug-likeness (QED) is 0.510. The van der Waals surface area contributed by atoms with Gasteiger partial charge in [-0.05, 0) is 13.8 Å². The van der Waals surface area contributed by atoms with Crippen LogP contribution in [0.3, 0.4) is 0 Å². The van der Waals surface area contributed by atoms with Crippen LogP contribution in [0.25, 0.3) is 0 Å². The molecule has 0 aliphatic carbocycles. The zero-order valence-corrected chi connectivity index (χ0v) is 7.77. The first-order valence-corrected chi connectivity index (χ1v) is 4.09. The highest BCUT2D eigenvalue weighted by molar-refractivity contribution is 5.90. The van der Waals surface area contributed by atoms with E-state index < -0.39 is 0 Å². The Hall–Kier alpha value is -1.64. The van der Waals surface area contributed by atoms with E-state index in [4.69, 9.17) is 0 Å². The van der Waals surface area contributed by atoms with Gasteiger partial charge in [-0.1, -0.05) is 18.2 Å². The minimum absolute atomic E-state index is 0.0758. The molecule has 1 rings (SSSR count). The summed E-state index contributed by atoms with van der Waals surface area (Å²) >= 11 is 0. The van der Waals surface area contributed by atoms with Crippen LogP contribution in [-0.2, 0) is 0 Å². The molecule has 1 aromatic rings. The van der Waals surface area contributed by atoms with Crippen molar-refractivity contribution in [2.75, 3.05) is 0 Å². The average Bonchev–Trinajstić information content (AvgIpc) is 2.52. The zero-order chi connectivity index (χ0) is 9.68. The van der Waals surface area contributed by atoms with Gasteiger partial charge in [-0.2, -0.15) is 0 Å². The predicted molar refractivity (Wildman–Crippen MR) is 51.5 cm³/mol. The topological polar surface area (TPSA) is 34.9 Å². The van der Waals surface area contributed by atoms with Gasteiger partial charge < -0.3 is 0 Å². The summed E-state index contributed by atoms with van der Waals surface area (Å²) < 4.78 is 1.50. The lowest BCUT2D eigenvalue weighted by molar-refractivity contribution is 0.0966. The SMILES string of the molecule is C/C=C/C=C/C(=O)n1ccnc1C. The van der Waals surface area contributed by atoms with Crippen molar-refractivity contribution in [3.05, 3.63) is 42.5 Å². The molecule has 0 amide bonds. The molecule has 0 radical (unpaired) electrons. The summed E-state index contributed by atoms with van der Waals surface area (Å²) in [6.07, 6.45) is 10.2. The predicted octanol–water partition coefficient (Wildman–Crippen LogP) is 1.96. The van der Waals surface area contributed by atoms with Crippen LogP contribution in [0.1, 0.15) is 17.5 Å². The lowest BCUT2D eigenvalue weighted by atomic mass is 10.4. The van der Waals surface area contributed by atoms with E-state index in [1.54, 1.807) is 25.4 Å². The number of allylic oxidation sites excluding steroid dienone is 4. The van der Waals surface area contributed by atoms with Crippen LogP contribution < -0.4 is 0 Å². The van der Waals surface area contributed by atoms with Crippen molar-refractivity contribution in [3.8, 4) is 0 Å². The molecular formula is C10H12N2O. The van der Waals surface area contributed by atoms with E-state index in [0.717, 1.165) is 0 Å². The van der Waals surface area contributed by atoms with Crippen molar-refractivity contribution in [1.82, 2.24) is 9.55 Å². The van der Waals surface area contributed by atoms with Gasteiger partial charge in [-0.15, -0.1) is 0 Å². The van der Waals surface area contributed by atoms with Gasteiger partial charge in [0.15, 0.2) is 0 Å². The van der Waals surface area contributed by atoms with Gasteiger partial charge in [-0.3, -0.25) is 9.36 Å². The number of carbonyl (C=O) groups excluding carboxylic acids is 1. The number of aryl methyl sites for hydroxylation is 1. The number of hydrogen-bond acceptors (Lipinski definition) is 2. The van der Waals surface area contributed by atoms with Crippen molar-refractivity contribution in [2.45, 2.75) is 13.8 Å². The number of imidazole rings is 1. The van der Waals surface area contributed by atoms with E-state index in [9.17, 15) is 4.79 Å². The van der Waals surface area contributed by atoms with Crippen molar-refractivity contribution in [1.29, 1.82) is 0 Å². The molecule has 1 heterocycles. The van der Waals surface area contributed by atoms with Gasteiger partial charge in [0.1, 0.15) is 5.82 Å². The molecule has 1 aromatic heterocycles. The van der Waals surface area contributed by atoms with Crippen LogP contribution in [0, 0.1) is 6.92 Å². The monoisotopic (exact) mass is 176 g/mol. The van der Waals surface area contributed by atoms with E-state index in [-0.39, 0.29) is 5.91 Å². The fourth-order valence-electron chi connectivity index (χ4n) is 0.940. The van der Waals surface area contributed by atoms with Crippen LogP contribution in [0.4, 0.5) is 0 Å². The molecule has 13 heavy (non-hydrogen) atoms. The Morgan fingerprint density at radius 2 is 2.31 bits per heavy atom. The van der Waals surface area contributed by atoms with Crippen molar-refractivity contribution in [2.24, 2.45) is 0 Å². The maximum Gasteiger partial charge on any atom is 0.256 e. The van der Waals surface area contributed by atoms with Crippen LogP contribution in [0.2, 0.25) is 0 Å². The number of aromatic nitrogens is 2. The minimum atomic E-state index is -0.0758. The van der Waals surface area contributed by atoms with Crippen molar-refractivity contribution >= 4 is 5.91 Å². The lowest BCUT2D eigenvalue weighted by Gasteiger charge is -1.96. The maximum atomic E-state index is 11.4. The van der Waals surface area contributed by atoms with Crippen LogP contribution in [0.15, 0.2) is 36.7 Å². The fraction of sp³-hybridized carbons (Fsp3) is 0.200. The molecule has 0 aromatic carbocycles. The second-order valence-corrected chi connectivity index (χ2v) is 2.57. The Morgan fingerprint density at radius 1 is 1.54 bits per heavy atom. The van der Waals surface area contributed by atoms with Crippen LogP contribution in [-0.4, -0.2) is 15.5 Å². The summed E-state index contributed by atoms with van der Waals surface area (Å²) in [7, 11) is 0. The van der Waals surface area contributed by atoms with Crippen LogP contribution >= 0.6 is 0 Å². The fourth-order valence-corrected chi connectivity index (χ4v) is 0.940. The summed E-state index contributed by atoms with van der Waals surface area (Å²) in [6.45, 7) is 3.69. The maximum absolute atomic E-state index is 11.4. The standard InChI is InChI=1S/C10H12N2O/c1-3-4-5-6-10(13)12-8-7-11-9(12)2/h3-8H,1-2H3/b4-3+,6-5+. The first kappa shape index (κ1) is 9.45. The third kappa shape index (κ3) is 2.40. The molecular weight excluding hydrogens is 164 g/mol. The Labute approximate surface area is 77.4 Å². The molecule has 0 saturated carbocycles. The second-order valence-electron chi connectivity index (χ2n) is 2.57. The van der Waals surface area contributed by atoms with E-state index in [2.05, 4.69) is 4.98 Å². The molecule has 3 heteroatoms. The highest BCUT2D eigenvalue weighted by Crippen LogP contribution is 1.95. The molecule has 68 valence electrons. The third-order valence-corrected chi connectivity index (χ3v) is 1.61. The lowest BCUT2D eigenvalue weighted by Crippen LogP contribution is -2.07. The molecule has 0 spiro atoms. The van der Waals surface area contributed by atoms with Gasteiger partial charge >= 0.3 is 0 Å². The van der Waals surface area contributed by atoms with Gasteiger partial charge in [0.25, 0.3) is 5.91 Å². The normalized spacial score (nSPS) is 11.5. The van der Waals surface area contributed by atoms with Gasteiger partial charge in [0.05, 0.1) is 0 Å². The molecule has 0 fully saturated rings. The third-order valence-electron chi connectivity index (χ3n) is 1.61. The number of hydrogen-bond donors (Lipinski definition) is 0. The highest BCUT2D eigenvalue weighted by atomic mass is 16.1. The molecule has 0 aliphatic rings. The first-order valence-electron chi connectivity index (χ1n) is 4.09. The average molecular weight is 176 g/mol. The van der Waals surface area contributed by atoms with Gasteiger partial charge in [-0.25, -0.2) is 4.98 Å². The largest absolute Gasteiger partial charge is 0.270 e. The van der Waals surface area contributed by atoms with Gasteiger partial charge in [0, 0.05) is 18.5 Å². The summed E-state index contributed by atoms with van der Waals surface area (Å²) in [4.78, 5) is 15.4. The molecule has 0 bridgehead atoms. The summed E-state index contributed by atoms with van der Waals surface area (Å²) in [5.41, 5.74) is 0. The zero-order valence-electron chi connectivity index (χ0n) is 7.77. The van der Waals surface area contributed by atoms with Crippen LogP contribution in [0.5, 0.6) is 0 Å². The number of nitrogens with zero attached hydrogens (tertiary/aromatic N) is 2. The molecule has 0 atom stereocenters. The molecule has 0 aliphatic heterocycles. The van der Waals surface area contributed by atoms with E-state index in [0.29, 0.717) is 5.82 Å². The first-order chi connectivity index (χ1) is 6.25. The second kappa shape index (κ2) is 4.40. The van der Waals surface area contributed by atoms with Gasteiger partial charge in [0.2, 0.25) is 0 Å². The number of rotatable bonds is 2. The smallest absolute Gasteiger partial charge is 0.256 e. The molecule has 3 nitrogen and oxygen atoms in total. The number of carbonyl (C=O) groups is 1. The Balaban J connectivity index is 2.75. The minimum Gasteiger partial charge on any atom is -0.270 e. The summed E-state index contributed by atoms with van der Waals surface area (Å²) in [5, 5.41) is 0. The summed E-state index contributed by atoms with van der Waals surface area (Å²) in [5.74, 6) is 0.628. The van der Waals surface area contributed by atoms with Crippen molar-refractivity contribution < 1.29 is 4.79 Å². The molecule has 0 unspecified atom stereocenters. The van der Waals surface area contributed by atoms with E-state index in [1.807, 2.05) is 19.1 Å². The molecule has 0 saturated heterocycles. The molecule has 0 N–H and O–H groups in total. The highest BCUT2D eigenvalue weighted by Gasteiger charge is 2.01.